The summed E-state index contributed by atoms with van der Waals surface area (Å²) >= 11 is 0. The number of carboxylic acids is 1. The third kappa shape index (κ3) is 5.56. The first-order chi connectivity index (χ1) is 14.5. The predicted molar refractivity (Wildman–Crippen MR) is 108 cm³/mol. The summed E-state index contributed by atoms with van der Waals surface area (Å²) in [6.45, 7) is 0.787. The molecule has 2 fully saturated rings. The molecule has 0 saturated carbocycles. The maximum atomic E-state index is 13.0. The summed E-state index contributed by atoms with van der Waals surface area (Å²) in [5.74, 6) is -2.18. The van der Waals surface area contributed by atoms with Crippen molar-refractivity contribution in [3.05, 3.63) is 35.9 Å². The zero-order chi connectivity index (χ0) is 21.5. The quantitative estimate of drug-likeness (QED) is 0.459. The number of amides is 3. The fourth-order valence-electron chi connectivity index (χ4n) is 4.01. The lowest BCUT2D eigenvalue weighted by molar-refractivity contribution is -0.141. The minimum Gasteiger partial charge on any atom is -0.480 e. The highest BCUT2D eigenvalue weighted by molar-refractivity contribution is 5.94. The number of nitrogens with zero attached hydrogens (tertiary/aromatic N) is 1. The summed E-state index contributed by atoms with van der Waals surface area (Å²) in [6.07, 6.45) is 3.19. The Morgan fingerprint density at radius 3 is 2.57 bits per heavy atom. The van der Waals surface area contributed by atoms with Gasteiger partial charge in [0.25, 0.3) is 0 Å². The summed E-state index contributed by atoms with van der Waals surface area (Å²) < 4.78 is 0. The molecule has 3 amide bonds. The number of likely N-dealkylation sites (tertiary alicyclic amines) is 1. The van der Waals surface area contributed by atoms with E-state index in [0.29, 0.717) is 13.0 Å². The highest BCUT2D eigenvalue weighted by atomic mass is 16.4. The van der Waals surface area contributed by atoms with E-state index < -0.39 is 30.5 Å². The molecule has 0 spiro atoms. The van der Waals surface area contributed by atoms with Crippen LogP contribution in [0.4, 0.5) is 0 Å². The number of carbonyl (C=O) groups excluding carboxylic acids is 3. The number of hydrogen-bond donors (Lipinski definition) is 4. The summed E-state index contributed by atoms with van der Waals surface area (Å²) in [5, 5.41) is 17.1. The van der Waals surface area contributed by atoms with Gasteiger partial charge >= 0.3 is 5.97 Å². The van der Waals surface area contributed by atoms with E-state index in [0.717, 1.165) is 31.4 Å². The Hall–Kier alpha value is -2.94. The van der Waals surface area contributed by atoms with E-state index >= 15 is 0 Å². The Bertz CT molecular complexity index is 779. The number of carboxylic acid groups (broad SMARTS) is 1. The zero-order valence-corrected chi connectivity index (χ0v) is 16.8. The molecule has 0 aromatic heterocycles. The van der Waals surface area contributed by atoms with Gasteiger partial charge in [-0.1, -0.05) is 30.3 Å². The van der Waals surface area contributed by atoms with Gasteiger partial charge in [-0.25, -0.2) is 0 Å². The molecule has 3 atom stereocenters. The van der Waals surface area contributed by atoms with Crippen molar-refractivity contribution in [2.45, 2.75) is 50.2 Å². The minimum atomic E-state index is -1.16. The van der Waals surface area contributed by atoms with E-state index in [9.17, 15) is 19.2 Å². The summed E-state index contributed by atoms with van der Waals surface area (Å²) in [4.78, 5) is 50.7. The molecule has 3 unspecified atom stereocenters. The number of benzene rings is 1. The highest BCUT2D eigenvalue weighted by Crippen LogP contribution is 2.21. The topological polar surface area (TPSA) is 128 Å². The lowest BCUT2D eigenvalue weighted by Crippen LogP contribution is -2.56. The van der Waals surface area contributed by atoms with Crippen LogP contribution in [-0.2, 0) is 25.6 Å². The van der Waals surface area contributed by atoms with Gasteiger partial charge in [0.2, 0.25) is 17.7 Å². The van der Waals surface area contributed by atoms with E-state index in [2.05, 4.69) is 16.0 Å². The second-order valence-corrected chi connectivity index (χ2v) is 7.70. The monoisotopic (exact) mass is 416 g/mol. The van der Waals surface area contributed by atoms with Gasteiger partial charge in [0.15, 0.2) is 0 Å². The second kappa shape index (κ2) is 10.2. The molecule has 1 aromatic carbocycles. The van der Waals surface area contributed by atoms with E-state index in [-0.39, 0.29) is 24.3 Å². The third-order valence-electron chi connectivity index (χ3n) is 5.53. The van der Waals surface area contributed by atoms with Crippen LogP contribution in [0.3, 0.4) is 0 Å². The molecular formula is C21H28N4O5. The van der Waals surface area contributed by atoms with E-state index in [1.807, 2.05) is 30.3 Å². The summed E-state index contributed by atoms with van der Waals surface area (Å²) in [5.41, 5.74) is 0.836. The third-order valence-corrected chi connectivity index (χ3v) is 5.53. The van der Waals surface area contributed by atoms with Crippen molar-refractivity contribution in [3.63, 3.8) is 0 Å². The average Bonchev–Trinajstić information content (AvgIpc) is 3.43. The molecule has 1 aromatic rings. The fraction of sp³-hybridized carbons (Fsp3) is 0.524. The first-order valence-corrected chi connectivity index (χ1v) is 10.3. The zero-order valence-electron chi connectivity index (χ0n) is 16.8. The second-order valence-electron chi connectivity index (χ2n) is 7.70. The van der Waals surface area contributed by atoms with Crippen molar-refractivity contribution in [1.29, 1.82) is 0 Å². The molecule has 0 radical (unpaired) electrons. The Morgan fingerprint density at radius 1 is 1.13 bits per heavy atom. The Balaban J connectivity index is 1.68. The van der Waals surface area contributed by atoms with Gasteiger partial charge in [-0.2, -0.15) is 0 Å². The van der Waals surface area contributed by atoms with Crippen molar-refractivity contribution in [3.8, 4) is 0 Å². The van der Waals surface area contributed by atoms with Crippen LogP contribution >= 0.6 is 0 Å². The van der Waals surface area contributed by atoms with E-state index in [1.165, 1.54) is 0 Å². The molecule has 0 aliphatic carbocycles. The fourth-order valence-corrected chi connectivity index (χ4v) is 4.01. The van der Waals surface area contributed by atoms with Crippen LogP contribution in [0.1, 0.15) is 31.2 Å². The molecule has 9 heteroatoms. The molecule has 30 heavy (non-hydrogen) atoms. The Labute approximate surface area is 175 Å². The summed E-state index contributed by atoms with van der Waals surface area (Å²) in [7, 11) is 0. The summed E-state index contributed by atoms with van der Waals surface area (Å²) in [6, 6.07) is 7.37. The molecule has 2 saturated heterocycles. The van der Waals surface area contributed by atoms with E-state index in [4.69, 9.17) is 5.11 Å². The first kappa shape index (κ1) is 21.8. The molecule has 2 heterocycles. The van der Waals surface area contributed by atoms with E-state index in [1.54, 1.807) is 4.90 Å². The van der Waals surface area contributed by atoms with Gasteiger partial charge in [-0.05, 0) is 37.8 Å². The van der Waals surface area contributed by atoms with Gasteiger partial charge in [0.1, 0.15) is 18.6 Å². The number of nitrogens with one attached hydrogen (secondary N) is 3. The van der Waals surface area contributed by atoms with Crippen LogP contribution in [0, 0.1) is 0 Å². The van der Waals surface area contributed by atoms with Crippen LogP contribution in [0.25, 0.3) is 0 Å². The van der Waals surface area contributed by atoms with Crippen molar-refractivity contribution in [1.82, 2.24) is 20.9 Å². The van der Waals surface area contributed by atoms with Crippen LogP contribution in [0.2, 0.25) is 0 Å². The van der Waals surface area contributed by atoms with Crippen LogP contribution in [0.5, 0.6) is 0 Å². The van der Waals surface area contributed by atoms with Crippen molar-refractivity contribution in [2.24, 2.45) is 0 Å². The molecule has 0 bridgehead atoms. The maximum absolute atomic E-state index is 13.0. The maximum Gasteiger partial charge on any atom is 0.322 e. The van der Waals surface area contributed by atoms with Crippen molar-refractivity contribution >= 4 is 23.7 Å². The van der Waals surface area contributed by atoms with Gasteiger partial charge in [0.05, 0.1) is 6.04 Å². The SMILES string of the molecule is O=C(O)CNC(=O)C(Cc1ccccc1)NC(=O)C1CCCN1C(=O)C1CCCN1. The van der Waals surface area contributed by atoms with Gasteiger partial charge in [-0.15, -0.1) is 0 Å². The number of rotatable bonds is 8. The number of carbonyl (C=O) groups is 4. The lowest BCUT2D eigenvalue weighted by Gasteiger charge is -2.28. The molecule has 4 N–H and O–H groups in total. The molecule has 9 nitrogen and oxygen atoms in total. The normalized spacial score (nSPS) is 21.8. The van der Waals surface area contributed by atoms with Crippen molar-refractivity contribution < 1.29 is 24.3 Å². The van der Waals surface area contributed by atoms with Crippen LogP contribution in [0.15, 0.2) is 30.3 Å². The van der Waals surface area contributed by atoms with Gasteiger partial charge in [0, 0.05) is 13.0 Å². The molecule has 162 valence electrons. The minimum absolute atomic E-state index is 0.0694. The smallest absolute Gasteiger partial charge is 0.322 e. The number of aliphatic carboxylic acids is 1. The van der Waals surface area contributed by atoms with Crippen molar-refractivity contribution in [2.75, 3.05) is 19.6 Å². The van der Waals surface area contributed by atoms with Crippen LogP contribution < -0.4 is 16.0 Å². The number of hydrogen-bond acceptors (Lipinski definition) is 5. The Morgan fingerprint density at radius 2 is 1.90 bits per heavy atom. The highest BCUT2D eigenvalue weighted by Gasteiger charge is 2.38. The molecule has 3 rings (SSSR count). The van der Waals surface area contributed by atoms with Gasteiger partial charge in [-0.3, -0.25) is 19.2 Å². The lowest BCUT2D eigenvalue weighted by atomic mass is 10.0. The average molecular weight is 416 g/mol. The van der Waals surface area contributed by atoms with Crippen LogP contribution in [-0.4, -0.2) is 71.5 Å². The molecule has 2 aliphatic heterocycles. The largest absolute Gasteiger partial charge is 0.480 e. The first-order valence-electron chi connectivity index (χ1n) is 10.3. The Kier molecular flexibility index (Phi) is 7.40. The standard InChI is InChI=1S/C21H28N4O5/c26-18(27)13-23-19(28)16(12-14-6-2-1-3-7-14)24-20(29)17-9-5-11-25(17)21(30)15-8-4-10-22-15/h1-3,6-7,15-17,22H,4-5,8-13H2,(H,23,28)(H,24,29)(H,26,27). The molecule has 2 aliphatic rings. The predicted octanol–water partition coefficient (Wildman–Crippen LogP) is -0.342. The molecular weight excluding hydrogens is 388 g/mol. The van der Waals surface area contributed by atoms with Gasteiger partial charge < -0.3 is 26.0 Å².